The quantitative estimate of drug-likeness (QED) is 0.748. The number of ether oxygens (including phenoxy) is 1. The van der Waals surface area contributed by atoms with E-state index in [0.717, 1.165) is 45.7 Å². The van der Waals surface area contributed by atoms with Crippen molar-refractivity contribution in [2.24, 2.45) is 5.73 Å². The van der Waals surface area contributed by atoms with Gasteiger partial charge in [-0.2, -0.15) is 0 Å². The molecule has 1 heterocycles. The van der Waals surface area contributed by atoms with E-state index >= 15 is 0 Å². The van der Waals surface area contributed by atoms with Gasteiger partial charge in [0.15, 0.2) is 0 Å². The van der Waals surface area contributed by atoms with Crippen LogP contribution in [0.25, 0.3) is 0 Å². The van der Waals surface area contributed by atoms with Crippen LogP contribution in [-0.4, -0.2) is 68.3 Å². The molecule has 102 valence electrons. The summed E-state index contributed by atoms with van der Waals surface area (Å²) in [6.07, 6.45) is 2.13. The first-order valence-corrected chi connectivity index (χ1v) is 6.75. The maximum Gasteiger partial charge on any atom is 0.0484 e. The van der Waals surface area contributed by atoms with E-state index in [4.69, 9.17) is 10.5 Å². The monoisotopic (exact) mass is 243 g/mol. The van der Waals surface area contributed by atoms with E-state index in [1.807, 2.05) is 0 Å². The molecule has 0 saturated carbocycles. The number of nitrogens with two attached hydrogens (primary N) is 1. The number of rotatable bonds is 6. The molecule has 0 aliphatic carbocycles. The van der Waals surface area contributed by atoms with Gasteiger partial charge < -0.3 is 15.4 Å². The van der Waals surface area contributed by atoms with Gasteiger partial charge in [0, 0.05) is 37.9 Å². The van der Waals surface area contributed by atoms with E-state index < -0.39 is 0 Å². The van der Waals surface area contributed by atoms with Crippen LogP contribution < -0.4 is 5.73 Å². The molecule has 2 N–H and O–H groups in total. The Labute approximate surface area is 106 Å². The third kappa shape index (κ3) is 3.65. The molecule has 4 heteroatoms. The number of hydrogen-bond donors (Lipinski definition) is 1. The molecule has 1 atom stereocenters. The largest absolute Gasteiger partial charge is 0.381 e. The van der Waals surface area contributed by atoms with Crippen molar-refractivity contribution in [2.45, 2.75) is 38.3 Å². The summed E-state index contributed by atoms with van der Waals surface area (Å²) in [4.78, 5) is 4.83. The van der Waals surface area contributed by atoms with Crippen LogP contribution in [0.4, 0.5) is 0 Å². The van der Waals surface area contributed by atoms with Crippen molar-refractivity contribution in [3.05, 3.63) is 0 Å². The van der Waals surface area contributed by atoms with Gasteiger partial charge in [0.25, 0.3) is 0 Å². The van der Waals surface area contributed by atoms with Crippen molar-refractivity contribution < 1.29 is 4.74 Å². The number of hydrogen-bond acceptors (Lipinski definition) is 4. The summed E-state index contributed by atoms with van der Waals surface area (Å²) in [6.45, 7) is 9.12. The van der Waals surface area contributed by atoms with Crippen molar-refractivity contribution in [3.8, 4) is 0 Å². The molecule has 1 rings (SSSR count). The molecule has 4 nitrogen and oxygen atoms in total. The first kappa shape index (κ1) is 14.9. The van der Waals surface area contributed by atoms with Crippen molar-refractivity contribution in [3.63, 3.8) is 0 Å². The van der Waals surface area contributed by atoms with Crippen LogP contribution in [0.5, 0.6) is 0 Å². The summed E-state index contributed by atoms with van der Waals surface area (Å²) in [5, 5.41) is 0. The second kappa shape index (κ2) is 6.69. The Morgan fingerprint density at radius 1 is 1.29 bits per heavy atom. The summed E-state index contributed by atoms with van der Waals surface area (Å²) < 4.78 is 5.49. The average Bonchev–Trinajstić information content (AvgIpc) is 2.30. The fourth-order valence-corrected chi connectivity index (χ4v) is 3.10. The number of likely N-dealkylation sites (N-methyl/N-ethyl adjacent to an activating group) is 2. The van der Waals surface area contributed by atoms with E-state index in [1.165, 1.54) is 0 Å². The van der Waals surface area contributed by atoms with E-state index in [2.05, 4.69) is 37.7 Å². The molecule has 0 bridgehead atoms. The topological polar surface area (TPSA) is 41.7 Å². The maximum atomic E-state index is 6.07. The standard InChI is InChI=1S/C13H29N3O/c1-5-16(12(2)10-15(3)4)13(11-14)6-8-17-9-7-13/h12H,5-11,14H2,1-4H3. The van der Waals surface area contributed by atoms with Crippen LogP contribution >= 0.6 is 0 Å². The predicted molar refractivity (Wildman–Crippen MR) is 72.2 cm³/mol. The minimum atomic E-state index is 0.155. The van der Waals surface area contributed by atoms with Gasteiger partial charge in [-0.1, -0.05) is 6.92 Å². The summed E-state index contributed by atoms with van der Waals surface area (Å²) in [7, 11) is 4.26. The van der Waals surface area contributed by atoms with Crippen molar-refractivity contribution >= 4 is 0 Å². The van der Waals surface area contributed by atoms with Gasteiger partial charge in [0.05, 0.1) is 0 Å². The van der Waals surface area contributed by atoms with Gasteiger partial charge in [0.1, 0.15) is 0 Å². The van der Waals surface area contributed by atoms with E-state index in [1.54, 1.807) is 0 Å². The molecule has 0 spiro atoms. The van der Waals surface area contributed by atoms with Crippen molar-refractivity contribution in [1.29, 1.82) is 0 Å². The third-order valence-corrected chi connectivity index (χ3v) is 3.91. The zero-order valence-corrected chi connectivity index (χ0v) is 11.9. The van der Waals surface area contributed by atoms with Gasteiger partial charge >= 0.3 is 0 Å². The minimum absolute atomic E-state index is 0.155. The lowest BCUT2D eigenvalue weighted by molar-refractivity contribution is -0.0416. The Hall–Kier alpha value is -0.160. The first-order chi connectivity index (χ1) is 8.05. The molecule has 1 aliphatic rings. The molecule has 0 aromatic carbocycles. The highest BCUT2D eigenvalue weighted by Gasteiger charge is 2.38. The van der Waals surface area contributed by atoms with Crippen LogP contribution in [-0.2, 0) is 4.74 Å². The van der Waals surface area contributed by atoms with E-state index in [9.17, 15) is 0 Å². The summed E-state index contributed by atoms with van der Waals surface area (Å²) in [5.41, 5.74) is 6.23. The molecular weight excluding hydrogens is 214 g/mol. The molecule has 0 aromatic rings. The molecule has 0 amide bonds. The Morgan fingerprint density at radius 2 is 1.88 bits per heavy atom. The van der Waals surface area contributed by atoms with E-state index in [-0.39, 0.29) is 5.54 Å². The van der Waals surface area contributed by atoms with Gasteiger partial charge in [-0.25, -0.2) is 0 Å². The SMILES string of the molecule is CCN(C(C)CN(C)C)C1(CN)CCOCC1. The second-order valence-corrected chi connectivity index (χ2v) is 5.44. The Kier molecular flexibility index (Phi) is 5.86. The summed E-state index contributed by atoms with van der Waals surface area (Å²) in [5.74, 6) is 0. The highest BCUT2D eigenvalue weighted by atomic mass is 16.5. The van der Waals surface area contributed by atoms with E-state index in [0.29, 0.717) is 6.04 Å². The molecule has 1 fully saturated rings. The highest BCUT2D eigenvalue weighted by Crippen LogP contribution is 2.28. The smallest absolute Gasteiger partial charge is 0.0484 e. The third-order valence-electron chi connectivity index (χ3n) is 3.91. The molecule has 0 radical (unpaired) electrons. The molecule has 1 unspecified atom stereocenters. The molecule has 1 aliphatic heterocycles. The molecule has 1 saturated heterocycles. The van der Waals surface area contributed by atoms with Crippen LogP contribution in [0.3, 0.4) is 0 Å². The second-order valence-electron chi connectivity index (χ2n) is 5.44. The first-order valence-electron chi connectivity index (χ1n) is 6.75. The lowest BCUT2D eigenvalue weighted by Crippen LogP contribution is -2.61. The van der Waals surface area contributed by atoms with Crippen molar-refractivity contribution in [2.75, 3.05) is 46.9 Å². The predicted octanol–water partition coefficient (Wildman–Crippen LogP) is 0.766. The minimum Gasteiger partial charge on any atom is -0.381 e. The van der Waals surface area contributed by atoms with Gasteiger partial charge in [-0.05, 0) is 40.4 Å². The Morgan fingerprint density at radius 3 is 2.29 bits per heavy atom. The molecule has 17 heavy (non-hydrogen) atoms. The van der Waals surface area contributed by atoms with Crippen LogP contribution in [0.1, 0.15) is 26.7 Å². The molecule has 0 aromatic heterocycles. The van der Waals surface area contributed by atoms with Crippen molar-refractivity contribution in [1.82, 2.24) is 9.80 Å². The van der Waals surface area contributed by atoms with Gasteiger partial charge in [-0.15, -0.1) is 0 Å². The van der Waals surface area contributed by atoms with Gasteiger partial charge in [0.2, 0.25) is 0 Å². The maximum absolute atomic E-state index is 6.07. The number of nitrogens with zero attached hydrogens (tertiary/aromatic N) is 2. The lowest BCUT2D eigenvalue weighted by atomic mass is 9.86. The average molecular weight is 243 g/mol. The zero-order valence-electron chi connectivity index (χ0n) is 11.9. The highest BCUT2D eigenvalue weighted by molar-refractivity contribution is 4.95. The van der Waals surface area contributed by atoms with Crippen LogP contribution in [0.2, 0.25) is 0 Å². The fraction of sp³-hybridized carbons (Fsp3) is 1.00. The Balaban J connectivity index is 2.74. The lowest BCUT2D eigenvalue weighted by Gasteiger charge is -2.48. The van der Waals surface area contributed by atoms with Crippen LogP contribution in [0, 0.1) is 0 Å². The fourth-order valence-electron chi connectivity index (χ4n) is 3.10. The van der Waals surface area contributed by atoms with Gasteiger partial charge in [-0.3, -0.25) is 4.90 Å². The summed E-state index contributed by atoms with van der Waals surface area (Å²) in [6, 6.07) is 0.539. The molecular formula is C13H29N3O. The summed E-state index contributed by atoms with van der Waals surface area (Å²) >= 11 is 0. The Bertz CT molecular complexity index is 215. The normalized spacial score (nSPS) is 22.1. The zero-order chi connectivity index (χ0) is 12.9. The van der Waals surface area contributed by atoms with Crippen LogP contribution in [0.15, 0.2) is 0 Å².